The topological polar surface area (TPSA) is 68.0 Å². The fourth-order valence-electron chi connectivity index (χ4n) is 2.73. The van der Waals surface area contributed by atoms with E-state index >= 15 is 0 Å². The Balaban J connectivity index is 0.00000364. The number of hydrogen-bond acceptors (Lipinski definition) is 4. The lowest BCUT2D eigenvalue weighted by molar-refractivity contribution is 0.354. The quantitative estimate of drug-likeness (QED) is 0.322. The molecule has 2 N–H and O–H groups in total. The Morgan fingerprint density at radius 2 is 1.93 bits per heavy atom. The van der Waals surface area contributed by atoms with E-state index in [1.54, 1.807) is 27.5 Å². The van der Waals surface area contributed by atoms with E-state index in [1.165, 1.54) is 5.56 Å². The van der Waals surface area contributed by atoms with Crippen LogP contribution >= 0.6 is 24.0 Å². The van der Waals surface area contributed by atoms with Crippen molar-refractivity contribution in [3.8, 4) is 11.5 Å². The Kier molecular flexibility index (Phi) is 10.7. The van der Waals surface area contributed by atoms with E-state index in [2.05, 4.69) is 28.6 Å². The Morgan fingerprint density at radius 1 is 1.15 bits per heavy atom. The normalized spacial score (nSPS) is 12.1. The number of ether oxygens (including phenoxy) is 2. The van der Waals surface area contributed by atoms with E-state index < -0.39 is 0 Å². The zero-order valence-electron chi connectivity index (χ0n) is 16.5. The molecule has 0 fully saturated rings. The average molecular weight is 487 g/mol. The van der Waals surface area contributed by atoms with Gasteiger partial charge in [-0.2, -0.15) is 0 Å². The highest BCUT2D eigenvalue weighted by molar-refractivity contribution is 14.0. The van der Waals surface area contributed by atoms with Crippen LogP contribution in [0.5, 0.6) is 11.5 Å². The van der Waals surface area contributed by atoms with Crippen LogP contribution in [0.3, 0.4) is 0 Å². The van der Waals surface area contributed by atoms with Gasteiger partial charge in [-0.05, 0) is 42.2 Å². The Hall–Kier alpha value is -1.90. The first-order valence-corrected chi connectivity index (χ1v) is 8.84. The average Bonchev–Trinajstić information content (AvgIpc) is 3.17. The van der Waals surface area contributed by atoms with Gasteiger partial charge < -0.3 is 24.5 Å². The molecule has 2 aromatic rings. The largest absolute Gasteiger partial charge is 0.493 e. The van der Waals surface area contributed by atoms with Gasteiger partial charge in [0.15, 0.2) is 17.5 Å². The highest BCUT2D eigenvalue weighted by Crippen LogP contribution is 2.28. The number of furan rings is 1. The number of methoxy groups -OCH3 is 2. The summed E-state index contributed by atoms with van der Waals surface area (Å²) in [6.07, 6.45) is 3.46. The monoisotopic (exact) mass is 487 g/mol. The molecule has 1 aromatic heterocycles. The lowest BCUT2D eigenvalue weighted by Gasteiger charge is -2.17. The summed E-state index contributed by atoms with van der Waals surface area (Å²) < 4.78 is 16.0. The molecule has 1 unspecified atom stereocenters. The van der Waals surface area contributed by atoms with Gasteiger partial charge in [0.25, 0.3) is 0 Å². The SMILES string of the molecule is CN=C(NCCc1ccco1)NCC(C)Cc1ccc(OC)c(OC)c1.I. The molecule has 0 aliphatic carbocycles. The van der Waals surface area contributed by atoms with Crippen LogP contribution in [0.25, 0.3) is 0 Å². The summed E-state index contributed by atoms with van der Waals surface area (Å²) in [4.78, 5) is 4.26. The van der Waals surface area contributed by atoms with Crippen LogP contribution in [0.15, 0.2) is 46.0 Å². The summed E-state index contributed by atoms with van der Waals surface area (Å²) in [6, 6.07) is 9.94. The zero-order chi connectivity index (χ0) is 18.8. The molecule has 0 saturated heterocycles. The lowest BCUT2D eigenvalue weighted by Crippen LogP contribution is -2.40. The van der Waals surface area contributed by atoms with E-state index in [9.17, 15) is 0 Å². The molecule has 0 saturated carbocycles. The Morgan fingerprint density at radius 3 is 2.56 bits per heavy atom. The van der Waals surface area contributed by atoms with Crippen LogP contribution in [0.4, 0.5) is 0 Å². The van der Waals surface area contributed by atoms with Crippen molar-refractivity contribution < 1.29 is 13.9 Å². The molecule has 7 heteroatoms. The number of guanidine groups is 1. The molecule has 0 radical (unpaired) electrons. The van der Waals surface area contributed by atoms with Crippen molar-refractivity contribution in [2.24, 2.45) is 10.9 Å². The third-order valence-corrected chi connectivity index (χ3v) is 4.12. The molecular formula is C20H30IN3O3. The maximum absolute atomic E-state index is 5.37. The van der Waals surface area contributed by atoms with Crippen LogP contribution in [-0.2, 0) is 12.8 Å². The Bertz CT molecular complexity index is 690. The van der Waals surface area contributed by atoms with Crippen LogP contribution in [0.2, 0.25) is 0 Å². The van der Waals surface area contributed by atoms with Gasteiger partial charge in [-0.1, -0.05) is 13.0 Å². The van der Waals surface area contributed by atoms with E-state index in [-0.39, 0.29) is 24.0 Å². The number of aliphatic imine (C=N–C) groups is 1. The standard InChI is InChI=1S/C20H29N3O3.HI/c1-15(12-16-7-8-18(24-3)19(13-16)25-4)14-23-20(21-2)22-10-9-17-6-5-11-26-17;/h5-8,11,13,15H,9-10,12,14H2,1-4H3,(H2,21,22,23);1H. The highest BCUT2D eigenvalue weighted by Gasteiger charge is 2.09. The first-order valence-electron chi connectivity index (χ1n) is 8.84. The lowest BCUT2D eigenvalue weighted by atomic mass is 10.0. The van der Waals surface area contributed by atoms with Gasteiger partial charge in [0.2, 0.25) is 0 Å². The minimum Gasteiger partial charge on any atom is -0.493 e. The van der Waals surface area contributed by atoms with Gasteiger partial charge >= 0.3 is 0 Å². The van der Waals surface area contributed by atoms with Gasteiger partial charge in [-0.15, -0.1) is 24.0 Å². The number of benzene rings is 1. The molecule has 1 aromatic carbocycles. The molecule has 0 bridgehead atoms. The van der Waals surface area contributed by atoms with E-state index in [0.29, 0.717) is 5.92 Å². The fraction of sp³-hybridized carbons (Fsp3) is 0.450. The van der Waals surface area contributed by atoms with Crippen LogP contribution in [0.1, 0.15) is 18.2 Å². The molecule has 1 heterocycles. The van der Waals surface area contributed by atoms with Crippen molar-refractivity contribution >= 4 is 29.9 Å². The minimum atomic E-state index is 0. The Labute approximate surface area is 178 Å². The first-order chi connectivity index (χ1) is 12.7. The summed E-state index contributed by atoms with van der Waals surface area (Å²) in [6.45, 7) is 3.81. The van der Waals surface area contributed by atoms with Crippen LogP contribution in [0, 0.1) is 5.92 Å². The van der Waals surface area contributed by atoms with E-state index in [0.717, 1.165) is 49.1 Å². The van der Waals surface area contributed by atoms with Crippen molar-refractivity contribution in [1.29, 1.82) is 0 Å². The fourth-order valence-corrected chi connectivity index (χ4v) is 2.73. The maximum Gasteiger partial charge on any atom is 0.190 e. The molecule has 0 aliphatic rings. The molecule has 0 amide bonds. The van der Waals surface area contributed by atoms with Crippen molar-refractivity contribution in [2.45, 2.75) is 19.8 Å². The maximum atomic E-state index is 5.37. The number of nitrogens with zero attached hydrogens (tertiary/aromatic N) is 1. The van der Waals surface area contributed by atoms with E-state index in [4.69, 9.17) is 13.9 Å². The molecule has 6 nitrogen and oxygen atoms in total. The number of hydrogen-bond donors (Lipinski definition) is 2. The second-order valence-electron chi connectivity index (χ2n) is 6.21. The van der Waals surface area contributed by atoms with Gasteiger partial charge in [-0.25, -0.2) is 0 Å². The zero-order valence-corrected chi connectivity index (χ0v) is 18.8. The molecule has 0 aliphatic heterocycles. The predicted molar refractivity (Wildman–Crippen MR) is 120 cm³/mol. The second-order valence-corrected chi connectivity index (χ2v) is 6.21. The molecular weight excluding hydrogens is 457 g/mol. The van der Waals surface area contributed by atoms with Crippen molar-refractivity contribution in [1.82, 2.24) is 10.6 Å². The molecule has 0 spiro atoms. The molecule has 150 valence electrons. The van der Waals surface area contributed by atoms with E-state index in [1.807, 2.05) is 24.3 Å². The summed E-state index contributed by atoms with van der Waals surface area (Å²) in [5.74, 6) is 3.73. The van der Waals surface area contributed by atoms with Gasteiger partial charge in [0, 0.05) is 26.6 Å². The first kappa shape index (κ1) is 23.1. The van der Waals surface area contributed by atoms with Gasteiger partial charge in [0.05, 0.1) is 20.5 Å². The smallest absolute Gasteiger partial charge is 0.190 e. The second kappa shape index (κ2) is 12.5. The number of rotatable bonds is 9. The molecule has 2 rings (SSSR count). The molecule has 1 atom stereocenters. The van der Waals surface area contributed by atoms with Crippen LogP contribution in [-0.4, -0.2) is 40.3 Å². The summed E-state index contributed by atoms with van der Waals surface area (Å²) >= 11 is 0. The highest BCUT2D eigenvalue weighted by atomic mass is 127. The van der Waals surface area contributed by atoms with Gasteiger partial charge in [-0.3, -0.25) is 4.99 Å². The third-order valence-electron chi connectivity index (χ3n) is 4.12. The number of halogens is 1. The van der Waals surface area contributed by atoms with Crippen molar-refractivity contribution in [2.75, 3.05) is 34.4 Å². The van der Waals surface area contributed by atoms with Crippen molar-refractivity contribution in [3.05, 3.63) is 47.9 Å². The predicted octanol–water partition coefficient (Wildman–Crippen LogP) is 3.50. The molecule has 27 heavy (non-hydrogen) atoms. The summed E-state index contributed by atoms with van der Waals surface area (Å²) in [5, 5.41) is 6.68. The van der Waals surface area contributed by atoms with Gasteiger partial charge in [0.1, 0.15) is 5.76 Å². The third kappa shape index (κ3) is 7.70. The minimum absolute atomic E-state index is 0. The number of nitrogens with one attached hydrogen (secondary N) is 2. The van der Waals surface area contributed by atoms with Crippen LogP contribution < -0.4 is 20.1 Å². The summed E-state index contributed by atoms with van der Waals surface area (Å²) in [7, 11) is 5.08. The van der Waals surface area contributed by atoms with Crippen molar-refractivity contribution in [3.63, 3.8) is 0 Å². The summed E-state index contributed by atoms with van der Waals surface area (Å²) in [5.41, 5.74) is 1.22.